The van der Waals surface area contributed by atoms with Crippen molar-refractivity contribution in [3.63, 3.8) is 0 Å². The molecule has 0 amide bonds. The van der Waals surface area contributed by atoms with Gasteiger partial charge in [0.05, 0.1) is 11.6 Å². The Labute approximate surface area is 235 Å². The second-order valence-electron chi connectivity index (χ2n) is 11.6. The van der Waals surface area contributed by atoms with E-state index in [4.69, 9.17) is 9.73 Å². The van der Waals surface area contributed by atoms with Crippen LogP contribution in [-0.2, 0) is 12.0 Å². The number of para-hydroxylation sites is 1. The van der Waals surface area contributed by atoms with E-state index in [1.807, 2.05) is 0 Å². The van der Waals surface area contributed by atoms with Gasteiger partial charge in [-0.05, 0) is 76.0 Å². The number of rotatable bonds is 11. The second-order valence-corrected chi connectivity index (χ2v) is 11.6. The zero-order chi connectivity index (χ0) is 27.6. The lowest BCUT2D eigenvalue weighted by molar-refractivity contribution is 0.0734. The minimum atomic E-state index is -0.700. The standard InChI is InChI=1S/C34H46N4O/c1-7-19-37(20-8-2)21-22-38-30-18-14-13-17-29(30)33(5,6)34(38)25-35-31-28-16-12-11-15-26(28)23-27(32(31)39-34)24-36(9-3)10-4/h11-18,23,25H,7-10,19-22,24H2,1-6H3. The minimum absolute atomic E-state index is 0.288. The van der Waals surface area contributed by atoms with Crippen molar-refractivity contribution in [3.8, 4) is 5.75 Å². The normalized spacial score (nSPS) is 19.2. The summed E-state index contributed by atoms with van der Waals surface area (Å²) in [6, 6.07) is 19.8. The maximum atomic E-state index is 7.40. The van der Waals surface area contributed by atoms with E-state index < -0.39 is 5.72 Å². The van der Waals surface area contributed by atoms with E-state index in [0.29, 0.717) is 0 Å². The Bertz CT molecular complexity index is 1320. The molecule has 2 heterocycles. The van der Waals surface area contributed by atoms with Gasteiger partial charge < -0.3 is 14.5 Å². The molecular formula is C34H46N4O. The molecule has 5 heteroatoms. The molecule has 0 aromatic heterocycles. The van der Waals surface area contributed by atoms with Gasteiger partial charge in [-0.2, -0.15) is 0 Å². The molecule has 39 heavy (non-hydrogen) atoms. The monoisotopic (exact) mass is 526 g/mol. The molecule has 1 spiro atoms. The van der Waals surface area contributed by atoms with Crippen molar-refractivity contribution in [2.75, 3.05) is 44.2 Å². The van der Waals surface area contributed by atoms with Crippen LogP contribution in [0, 0.1) is 0 Å². The molecule has 0 aliphatic carbocycles. The number of nitrogens with zero attached hydrogens (tertiary/aromatic N) is 4. The molecule has 3 aromatic carbocycles. The summed E-state index contributed by atoms with van der Waals surface area (Å²) in [6.45, 7) is 20.6. The molecule has 0 radical (unpaired) electrons. The summed E-state index contributed by atoms with van der Waals surface area (Å²) in [5, 5.41) is 2.37. The first-order valence-corrected chi connectivity index (χ1v) is 15.0. The summed E-state index contributed by atoms with van der Waals surface area (Å²) in [5.41, 5.74) is 3.78. The van der Waals surface area contributed by atoms with Crippen LogP contribution in [-0.4, -0.2) is 61.0 Å². The second kappa shape index (κ2) is 11.3. The van der Waals surface area contributed by atoms with Crippen LogP contribution in [0.3, 0.4) is 0 Å². The molecule has 1 atom stereocenters. The van der Waals surface area contributed by atoms with Gasteiger partial charge in [-0.15, -0.1) is 0 Å². The average Bonchev–Trinajstić information content (AvgIpc) is 3.13. The van der Waals surface area contributed by atoms with Crippen LogP contribution < -0.4 is 9.64 Å². The van der Waals surface area contributed by atoms with Crippen LogP contribution in [0.5, 0.6) is 5.75 Å². The van der Waals surface area contributed by atoms with Crippen LogP contribution in [0.1, 0.15) is 65.5 Å². The maximum absolute atomic E-state index is 7.40. The molecule has 0 saturated carbocycles. The third-order valence-corrected chi connectivity index (χ3v) is 8.85. The Balaban J connectivity index is 1.63. The average molecular weight is 527 g/mol. The number of benzene rings is 3. The first-order chi connectivity index (χ1) is 18.9. The van der Waals surface area contributed by atoms with Crippen molar-refractivity contribution < 1.29 is 4.74 Å². The molecule has 5 rings (SSSR count). The van der Waals surface area contributed by atoms with Crippen molar-refractivity contribution in [2.45, 2.75) is 72.1 Å². The Morgan fingerprint density at radius 1 is 0.846 bits per heavy atom. The lowest BCUT2D eigenvalue weighted by Crippen LogP contribution is -2.63. The van der Waals surface area contributed by atoms with Crippen LogP contribution in [0.4, 0.5) is 11.4 Å². The van der Waals surface area contributed by atoms with Crippen LogP contribution in [0.25, 0.3) is 10.8 Å². The van der Waals surface area contributed by atoms with Crippen molar-refractivity contribution in [1.29, 1.82) is 0 Å². The number of anilines is 1. The van der Waals surface area contributed by atoms with Crippen molar-refractivity contribution >= 4 is 28.4 Å². The Morgan fingerprint density at radius 3 is 2.26 bits per heavy atom. The number of hydrogen-bond acceptors (Lipinski definition) is 5. The molecular weight excluding hydrogens is 480 g/mol. The third-order valence-electron chi connectivity index (χ3n) is 8.85. The molecule has 3 aromatic rings. The third kappa shape index (κ3) is 4.74. The van der Waals surface area contributed by atoms with Crippen molar-refractivity contribution in [3.05, 3.63) is 65.7 Å². The fourth-order valence-electron chi connectivity index (χ4n) is 6.60. The van der Waals surface area contributed by atoms with E-state index in [-0.39, 0.29) is 5.41 Å². The minimum Gasteiger partial charge on any atom is -0.459 e. The summed E-state index contributed by atoms with van der Waals surface area (Å²) in [7, 11) is 0. The predicted molar refractivity (Wildman–Crippen MR) is 166 cm³/mol. The van der Waals surface area contributed by atoms with E-state index in [9.17, 15) is 0 Å². The summed E-state index contributed by atoms with van der Waals surface area (Å²) >= 11 is 0. The highest BCUT2D eigenvalue weighted by molar-refractivity contribution is 6.00. The van der Waals surface area contributed by atoms with Gasteiger partial charge in [-0.1, -0.05) is 70.2 Å². The first-order valence-electron chi connectivity index (χ1n) is 15.0. The first kappa shape index (κ1) is 27.7. The zero-order valence-electron chi connectivity index (χ0n) is 24.8. The lowest BCUT2D eigenvalue weighted by Gasteiger charge is -2.47. The number of ether oxygens (including phenoxy) is 1. The SMILES string of the molecule is CCCN(CCC)CCN1c2ccccc2C(C)(C)C12C=Nc1c(c(CN(CC)CC)cc3ccccc13)O2. The molecule has 5 nitrogen and oxygen atoms in total. The van der Waals surface area contributed by atoms with E-state index in [1.54, 1.807) is 0 Å². The summed E-state index contributed by atoms with van der Waals surface area (Å²) < 4.78 is 7.40. The molecule has 208 valence electrons. The van der Waals surface area contributed by atoms with Gasteiger partial charge in [0.25, 0.3) is 0 Å². The van der Waals surface area contributed by atoms with Crippen molar-refractivity contribution in [2.24, 2.45) is 4.99 Å². The number of aliphatic imine (C=N–C) groups is 1. The lowest BCUT2D eigenvalue weighted by atomic mass is 9.77. The highest BCUT2D eigenvalue weighted by Gasteiger charge is 2.59. The van der Waals surface area contributed by atoms with E-state index in [0.717, 1.165) is 62.6 Å². The fourth-order valence-corrected chi connectivity index (χ4v) is 6.60. The van der Waals surface area contributed by atoms with Crippen LogP contribution in [0.2, 0.25) is 0 Å². The predicted octanol–water partition coefficient (Wildman–Crippen LogP) is 7.39. The Hall–Kier alpha value is -2.89. The molecule has 0 fully saturated rings. The molecule has 0 N–H and O–H groups in total. The molecule has 0 bridgehead atoms. The molecule has 2 aliphatic heterocycles. The van der Waals surface area contributed by atoms with Crippen molar-refractivity contribution in [1.82, 2.24) is 9.80 Å². The van der Waals surface area contributed by atoms with Gasteiger partial charge >= 0.3 is 0 Å². The Morgan fingerprint density at radius 2 is 1.54 bits per heavy atom. The van der Waals surface area contributed by atoms with Gasteiger partial charge in [0.15, 0.2) is 5.75 Å². The van der Waals surface area contributed by atoms with E-state index in [1.165, 1.54) is 35.0 Å². The van der Waals surface area contributed by atoms with Crippen LogP contribution >= 0.6 is 0 Å². The number of fused-ring (bicyclic) bond motifs is 4. The van der Waals surface area contributed by atoms with E-state index in [2.05, 4.69) is 117 Å². The van der Waals surface area contributed by atoms with Gasteiger partial charge in [0.2, 0.25) is 5.72 Å². The smallest absolute Gasteiger partial charge is 0.228 e. The van der Waals surface area contributed by atoms with Gasteiger partial charge in [0.1, 0.15) is 5.69 Å². The molecule has 2 aliphatic rings. The summed E-state index contributed by atoms with van der Waals surface area (Å²) in [6.07, 6.45) is 4.45. The zero-order valence-corrected chi connectivity index (χ0v) is 24.8. The molecule has 1 unspecified atom stereocenters. The fraction of sp³-hybridized carbons (Fsp3) is 0.500. The molecule has 0 saturated heterocycles. The van der Waals surface area contributed by atoms with Crippen LogP contribution in [0.15, 0.2) is 59.6 Å². The van der Waals surface area contributed by atoms with Gasteiger partial charge in [-0.25, -0.2) is 0 Å². The summed E-state index contributed by atoms with van der Waals surface area (Å²) in [5.74, 6) is 0.938. The topological polar surface area (TPSA) is 31.3 Å². The number of hydrogen-bond donors (Lipinski definition) is 0. The summed E-state index contributed by atoms with van der Waals surface area (Å²) in [4.78, 5) is 12.8. The largest absolute Gasteiger partial charge is 0.459 e. The van der Waals surface area contributed by atoms with Gasteiger partial charge in [0, 0.05) is 36.3 Å². The highest BCUT2D eigenvalue weighted by atomic mass is 16.5. The quantitative estimate of drug-likeness (QED) is 0.261. The Kier molecular flexibility index (Phi) is 8.02. The highest BCUT2D eigenvalue weighted by Crippen LogP contribution is 2.55. The van der Waals surface area contributed by atoms with E-state index >= 15 is 0 Å². The maximum Gasteiger partial charge on any atom is 0.228 e. The van der Waals surface area contributed by atoms with Gasteiger partial charge in [-0.3, -0.25) is 9.89 Å².